The Morgan fingerprint density at radius 2 is 2.00 bits per heavy atom. The first-order valence-electron chi connectivity index (χ1n) is 6.75. The lowest BCUT2D eigenvalue weighted by Gasteiger charge is -2.37. The van der Waals surface area contributed by atoms with E-state index in [9.17, 15) is 0 Å². The molecule has 0 aromatic carbocycles. The van der Waals surface area contributed by atoms with E-state index in [2.05, 4.69) is 0 Å². The highest BCUT2D eigenvalue weighted by Crippen LogP contribution is 2.49. The molecule has 4 heteroatoms. The van der Waals surface area contributed by atoms with Gasteiger partial charge in [-0.25, -0.2) is 4.39 Å². The van der Waals surface area contributed by atoms with Crippen LogP contribution < -0.4 is 5.73 Å². The quantitative estimate of drug-likeness (QED) is 0.799. The minimum absolute atomic E-state index is 0.112. The number of methoxy groups -OCH3 is 1. The number of rotatable bonds is 6. The molecule has 0 amide bonds. The number of hydrogen-bond acceptors (Lipinski definition) is 3. The summed E-state index contributed by atoms with van der Waals surface area (Å²) in [7, 11) is 1.55. The second-order valence-corrected chi connectivity index (χ2v) is 6.58. The molecule has 2 unspecified atom stereocenters. The highest BCUT2D eigenvalue weighted by atomic mass is 19.1. The van der Waals surface area contributed by atoms with Gasteiger partial charge in [-0.1, -0.05) is 0 Å². The molecule has 0 aromatic rings. The second kappa shape index (κ2) is 5.43. The van der Waals surface area contributed by atoms with Crippen molar-refractivity contribution in [3.63, 3.8) is 0 Å². The van der Waals surface area contributed by atoms with Crippen LogP contribution in [0.15, 0.2) is 0 Å². The first kappa shape index (κ1) is 15.9. The third-order valence-corrected chi connectivity index (χ3v) is 3.88. The summed E-state index contributed by atoms with van der Waals surface area (Å²) in [5.74, 6) is -0.161. The van der Waals surface area contributed by atoms with E-state index in [1.54, 1.807) is 7.11 Å². The molecule has 0 bridgehead atoms. The first-order chi connectivity index (χ1) is 8.17. The maximum atomic E-state index is 15.3. The van der Waals surface area contributed by atoms with Crippen molar-refractivity contribution in [3.05, 3.63) is 0 Å². The predicted molar refractivity (Wildman–Crippen MR) is 71.4 cm³/mol. The maximum Gasteiger partial charge on any atom is 0.139 e. The maximum absolute atomic E-state index is 15.3. The molecule has 2 atom stereocenters. The van der Waals surface area contributed by atoms with Crippen molar-refractivity contribution in [3.8, 4) is 0 Å². The third kappa shape index (κ3) is 3.43. The fraction of sp³-hybridized carbons (Fsp3) is 1.00. The molecule has 0 spiro atoms. The molecule has 1 aliphatic rings. The standard InChI is InChI=1S/C14H28FNO2/c1-12(2)9-11(13(3,4)18-12)14(15,10-17-5)7-6-8-16/h11H,6-10,16H2,1-5H3. The summed E-state index contributed by atoms with van der Waals surface area (Å²) in [4.78, 5) is 0. The molecule has 1 rings (SSSR count). The second-order valence-electron chi connectivity index (χ2n) is 6.58. The Balaban J connectivity index is 2.91. The molecule has 18 heavy (non-hydrogen) atoms. The molecule has 3 nitrogen and oxygen atoms in total. The lowest BCUT2D eigenvalue weighted by atomic mass is 9.74. The number of alkyl halides is 1. The lowest BCUT2D eigenvalue weighted by molar-refractivity contribution is -0.107. The molecule has 0 radical (unpaired) electrons. The lowest BCUT2D eigenvalue weighted by Crippen LogP contribution is -2.46. The van der Waals surface area contributed by atoms with E-state index in [0.717, 1.165) is 0 Å². The van der Waals surface area contributed by atoms with Gasteiger partial charge in [-0.15, -0.1) is 0 Å². The monoisotopic (exact) mass is 261 g/mol. The van der Waals surface area contributed by atoms with Crippen LogP contribution in [0.1, 0.15) is 47.0 Å². The van der Waals surface area contributed by atoms with E-state index >= 15 is 4.39 Å². The average Bonchev–Trinajstić information content (AvgIpc) is 2.45. The minimum atomic E-state index is -1.36. The normalized spacial score (nSPS) is 29.2. The average molecular weight is 261 g/mol. The molecule has 1 fully saturated rings. The zero-order valence-corrected chi connectivity index (χ0v) is 12.4. The largest absolute Gasteiger partial charge is 0.381 e. The molecular formula is C14H28FNO2. The van der Waals surface area contributed by atoms with Crippen molar-refractivity contribution in [2.45, 2.75) is 63.8 Å². The van der Waals surface area contributed by atoms with E-state index in [1.165, 1.54) is 0 Å². The van der Waals surface area contributed by atoms with Crippen molar-refractivity contribution < 1.29 is 13.9 Å². The smallest absolute Gasteiger partial charge is 0.139 e. The van der Waals surface area contributed by atoms with Crippen molar-refractivity contribution in [2.24, 2.45) is 11.7 Å². The molecule has 1 saturated heterocycles. The summed E-state index contributed by atoms with van der Waals surface area (Å²) in [6, 6.07) is 0. The van der Waals surface area contributed by atoms with Crippen molar-refractivity contribution in [2.75, 3.05) is 20.3 Å². The van der Waals surface area contributed by atoms with Gasteiger partial charge in [0.05, 0.1) is 17.8 Å². The van der Waals surface area contributed by atoms with Crippen LogP contribution in [0.2, 0.25) is 0 Å². The molecule has 0 aromatic heterocycles. The molecule has 0 aliphatic carbocycles. The van der Waals surface area contributed by atoms with Gasteiger partial charge in [-0.2, -0.15) is 0 Å². The zero-order chi connectivity index (χ0) is 14.0. The SMILES string of the molecule is COCC(F)(CCCN)C1CC(C)(C)OC1(C)C. The van der Waals surface area contributed by atoms with Gasteiger partial charge in [0, 0.05) is 13.0 Å². The summed E-state index contributed by atoms with van der Waals surface area (Å²) >= 11 is 0. The molecule has 1 aliphatic heterocycles. The van der Waals surface area contributed by atoms with Crippen LogP contribution in [0, 0.1) is 5.92 Å². The Bertz CT molecular complexity index is 281. The fourth-order valence-electron chi connectivity index (χ4n) is 3.35. The molecule has 108 valence electrons. The number of halogens is 1. The summed E-state index contributed by atoms with van der Waals surface area (Å²) in [6.45, 7) is 8.60. The van der Waals surface area contributed by atoms with Crippen molar-refractivity contribution in [1.29, 1.82) is 0 Å². The van der Waals surface area contributed by atoms with Crippen LogP contribution in [0.3, 0.4) is 0 Å². The minimum Gasteiger partial charge on any atom is -0.381 e. The summed E-state index contributed by atoms with van der Waals surface area (Å²) in [6.07, 6.45) is 1.82. The van der Waals surface area contributed by atoms with Gasteiger partial charge in [-0.3, -0.25) is 0 Å². The van der Waals surface area contributed by atoms with Crippen molar-refractivity contribution >= 4 is 0 Å². The molecule has 1 heterocycles. The van der Waals surface area contributed by atoms with E-state index in [-0.39, 0.29) is 18.1 Å². The Hall–Kier alpha value is -0.190. The first-order valence-corrected chi connectivity index (χ1v) is 6.75. The number of ether oxygens (including phenoxy) is 2. The van der Waals surface area contributed by atoms with Gasteiger partial charge in [0.2, 0.25) is 0 Å². The summed E-state index contributed by atoms with van der Waals surface area (Å²) < 4.78 is 26.4. The van der Waals surface area contributed by atoms with E-state index in [1.807, 2.05) is 27.7 Å². The van der Waals surface area contributed by atoms with E-state index in [0.29, 0.717) is 25.8 Å². The number of nitrogens with two attached hydrogens (primary N) is 1. The van der Waals surface area contributed by atoms with Gasteiger partial charge in [0.25, 0.3) is 0 Å². The van der Waals surface area contributed by atoms with Gasteiger partial charge < -0.3 is 15.2 Å². The zero-order valence-electron chi connectivity index (χ0n) is 12.4. The van der Waals surface area contributed by atoms with Crippen molar-refractivity contribution in [1.82, 2.24) is 0 Å². The van der Waals surface area contributed by atoms with E-state index < -0.39 is 11.3 Å². The Morgan fingerprint density at radius 1 is 1.39 bits per heavy atom. The van der Waals surface area contributed by atoms with Crippen LogP contribution in [0.4, 0.5) is 4.39 Å². The Labute approximate surface area is 110 Å². The fourth-order valence-corrected chi connectivity index (χ4v) is 3.35. The number of hydrogen-bond donors (Lipinski definition) is 1. The van der Waals surface area contributed by atoms with Gasteiger partial charge >= 0.3 is 0 Å². The Kier molecular flexibility index (Phi) is 4.79. The van der Waals surface area contributed by atoms with Gasteiger partial charge in [0.1, 0.15) is 5.67 Å². The van der Waals surface area contributed by atoms with Gasteiger partial charge in [-0.05, 0) is 53.5 Å². The molecular weight excluding hydrogens is 233 g/mol. The van der Waals surface area contributed by atoms with Gasteiger partial charge in [0.15, 0.2) is 0 Å². The summed E-state index contributed by atoms with van der Waals surface area (Å²) in [5.41, 5.74) is 3.41. The highest BCUT2D eigenvalue weighted by molar-refractivity contribution is 5.04. The van der Waals surface area contributed by atoms with E-state index in [4.69, 9.17) is 15.2 Å². The van der Waals surface area contributed by atoms with Crippen LogP contribution in [-0.4, -0.2) is 37.1 Å². The topological polar surface area (TPSA) is 44.5 Å². The Morgan fingerprint density at radius 3 is 2.39 bits per heavy atom. The third-order valence-electron chi connectivity index (χ3n) is 3.88. The molecule has 0 saturated carbocycles. The predicted octanol–water partition coefficient (Wildman–Crippen LogP) is 2.67. The van der Waals surface area contributed by atoms with Crippen LogP contribution >= 0.6 is 0 Å². The summed E-state index contributed by atoms with van der Waals surface area (Å²) in [5, 5.41) is 0. The van der Waals surface area contributed by atoms with Crippen LogP contribution in [0.5, 0.6) is 0 Å². The molecule has 2 N–H and O–H groups in total. The van der Waals surface area contributed by atoms with Crippen LogP contribution in [0.25, 0.3) is 0 Å². The highest BCUT2D eigenvalue weighted by Gasteiger charge is 2.55. The van der Waals surface area contributed by atoms with Crippen LogP contribution in [-0.2, 0) is 9.47 Å².